The molecule has 1 aromatic heterocycles. The Labute approximate surface area is 92.9 Å². The third-order valence-corrected chi connectivity index (χ3v) is 3.13. The molecule has 0 aliphatic carbocycles. The molecule has 16 heavy (non-hydrogen) atoms. The summed E-state index contributed by atoms with van der Waals surface area (Å²) in [5, 5.41) is 0. The van der Waals surface area contributed by atoms with Gasteiger partial charge in [0.25, 0.3) is 5.56 Å². The maximum atomic E-state index is 11.3. The van der Waals surface area contributed by atoms with E-state index in [1.807, 2.05) is 0 Å². The largest absolute Gasteiger partial charge is 0.328 e. The summed E-state index contributed by atoms with van der Waals surface area (Å²) in [5.74, 6) is 0.0254. The zero-order chi connectivity index (χ0) is 12.3. The molecule has 6 nitrogen and oxygen atoms in total. The summed E-state index contributed by atoms with van der Waals surface area (Å²) in [5.41, 5.74) is -0.493. The van der Waals surface area contributed by atoms with Crippen molar-refractivity contribution in [3.05, 3.63) is 32.6 Å². The fourth-order valence-electron chi connectivity index (χ4n) is 1.28. The summed E-state index contributed by atoms with van der Waals surface area (Å²) >= 11 is 0. The quantitative estimate of drug-likeness (QED) is 0.759. The normalized spacial score (nSPS) is 11.6. The molecule has 0 unspecified atom stereocenters. The minimum atomic E-state index is -3.01. The standard InChI is InChI=1S/C9H14N2O4S/c1-7-6-11(9(13)10-8(7)12)4-3-5-16(2,14)15/h6H,3-5H2,1-2H3,(H,10,12,13). The number of aryl methyl sites for hydroxylation is 2. The molecule has 0 fully saturated rings. The predicted molar refractivity (Wildman–Crippen MR) is 60.4 cm³/mol. The maximum absolute atomic E-state index is 11.3. The van der Waals surface area contributed by atoms with Gasteiger partial charge in [0.2, 0.25) is 0 Å². The molecule has 0 atom stereocenters. The van der Waals surface area contributed by atoms with Crippen molar-refractivity contribution in [2.24, 2.45) is 0 Å². The second-order valence-corrected chi connectivity index (χ2v) is 6.01. The molecule has 1 rings (SSSR count). The van der Waals surface area contributed by atoms with Crippen LogP contribution in [-0.4, -0.2) is 30.0 Å². The molecule has 0 bridgehead atoms. The Kier molecular flexibility index (Phi) is 3.69. The van der Waals surface area contributed by atoms with Gasteiger partial charge in [-0.15, -0.1) is 0 Å². The SMILES string of the molecule is Cc1cn(CCCS(C)(=O)=O)c(=O)[nH]c1=O. The number of aromatic amines is 1. The second-order valence-electron chi connectivity index (χ2n) is 3.75. The lowest BCUT2D eigenvalue weighted by Crippen LogP contribution is -2.31. The number of hydrogen-bond donors (Lipinski definition) is 1. The molecule has 0 amide bonds. The highest BCUT2D eigenvalue weighted by molar-refractivity contribution is 7.90. The Hall–Kier alpha value is -1.37. The number of H-pyrrole nitrogens is 1. The topological polar surface area (TPSA) is 89.0 Å². The Morgan fingerprint density at radius 3 is 2.56 bits per heavy atom. The van der Waals surface area contributed by atoms with E-state index >= 15 is 0 Å². The van der Waals surface area contributed by atoms with Gasteiger partial charge in [-0.05, 0) is 13.3 Å². The van der Waals surface area contributed by atoms with Gasteiger partial charge in [0.05, 0.1) is 5.75 Å². The smallest absolute Gasteiger partial charge is 0.300 e. The Bertz CT molecular complexity index is 582. The molecule has 0 saturated heterocycles. The van der Waals surface area contributed by atoms with E-state index in [9.17, 15) is 18.0 Å². The molecular weight excluding hydrogens is 232 g/mol. The first-order valence-corrected chi connectivity index (χ1v) is 6.84. The summed E-state index contributed by atoms with van der Waals surface area (Å²) < 4.78 is 23.1. The van der Waals surface area contributed by atoms with Gasteiger partial charge in [0.1, 0.15) is 9.84 Å². The van der Waals surface area contributed by atoms with Crippen molar-refractivity contribution in [3.8, 4) is 0 Å². The van der Waals surface area contributed by atoms with Crippen LogP contribution in [-0.2, 0) is 16.4 Å². The van der Waals surface area contributed by atoms with Crippen LogP contribution in [0.3, 0.4) is 0 Å². The van der Waals surface area contributed by atoms with Crippen LogP contribution >= 0.6 is 0 Å². The molecule has 1 N–H and O–H groups in total. The molecule has 0 aliphatic heterocycles. The highest BCUT2D eigenvalue weighted by Gasteiger charge is 2.04. The molecule has 0 saturated carbocycles. The van der Waals surface area contributed by atoms with Crippen LogP contribution < -0.4 is 11.2 Å². The summed E-state index contributed by atoms with van der Waals surface area (Å²) in [4.78, 5) is 24.5. The Morgan fingerprint density at radius 1 is 1.38 bits per heavy atom. The second kappa shape index (κ2) is 4.65. The molecule has 0 radical (unpaired) electrons. The molecule has 0 aliphatic rings. The van der Waals surface area contributed by atoms with Crippen molar-refractivity contribution in [2.75, 3.05) is 12.0 Å². The van der Waals surface area contributed by atoms with Gasteiger partial charge >= 0.3 is 5.69 Å². The third kappa shape index (κ3) is 3.65. The van der Waals surface area contributed by atoms with Gasteiger partial charge in [-0.1, -0.05) is 0 Å². The van der Waals surface area contributed by atoms with Crippen LogP contribution in [0.1, 0.15) is 12.0 Å². The first-order chi connectivity index (χ1) is 7.29. The summed E-state index contributed by atoms with van der Waals surface area (Å²) in [6.07, 6.45) is 2.93. The third-order valence-electron chi connectivity index (χ3n) is 2.10. The highest BCUT2D eigenvalue weighted by Crippen LogP contribution is 1.92. The van der Waals surface area contributed by atoms with Crippen molar-refractivity contribution < 1.29 is 8.42 Å². The summed E-state index contributed by atoms with van der Waals surface area (Å²) in [6, 6.07) is 0. The van der Waals surface area contributed by atoms with Gasteiger partial charge < -0.3 is 4.57 Å². The Morgan fingerprint density at radius 2 is 2.00 bits per heavy atom. The summed E-state index contributed by atoms with van der Waals surface area (Å²) in [7, 11) is -3.01. The minimum absolute atomic E-state index is 0.0254. The average molecular weight is 246 g/mol. The zero-order valence-electron chi connectivity index (χ0n) is 9.19. The van der Waals surface area contributed by atoms with Crippen LogP contribution in [0.15, 0.2) is 15.8 Å². The van der Waals surface area contributed by atoms with E-state index in [2.05, 4.69) is 4.98 Å². The van der Waals surface area contributed by atoms with Crippen LogP contribution in [0.4, 0.5) is 0 Å². The van der Waals surface area contributed by atoms with E-state index in [1.54, 1.807) is 6.92 Å². The van der Waals surface area contributed by atoms with E-state index in [0.29, 0.717) is 12.0 Å². The molecule has 0 aromatic carbocycles. The van der Waals surface area contributed by atoms with Gasteiger partial charge in [-0.3, -0.25) is 9.78 Å². The zero-order valence-corrected chi connectivity index (χ0v) is 10.0. The van der Waals surface area contributed by atoms with E-state index in [0.717, 1.165) is 6.26 Å². The van der Waals surface area contributed by atoms with Crippen molar-refractivity contribution >= 4 is 9.84 Å². The predicted octanol–water partition coefficient (Wildman–Crippen LogP) is -0.720. The van der Waals surface area contributed by atoms with Crippen LogP contribution in [0, 0.1) is 6.92 Å². The summed E-state index contributed by atoms with van der Waals surface area (Å²) in [6.45, 7) is 1.87. The molecule has 1 aromatic rings. The van der Waals surface area contributed by atoms with E-state index in [-0.39, 0.29) is 12.3 Å². The van der Waals surface area contributed by atoms with Crippen LogP contribution in [0.25, 0.3) is 0 Å². The number of rotatable bonds is 4. The van der Waals surface area contributed by atoms with Crippen LogP contribution in [0.5, 0.6) is 0 Å². The molecule has 7 heteroatoms. The first kappa shape index (κ1) is 12.7. The van der Waals surface area contributed by atoms with E-state index in [4.69, 9.17) is 0 Å². The molecule has 90 valence electrons. The molecule has 1 heterocycles. The van der Waals surface area contributed by atoms with E-state index in [1.165, 1.54) is 10.8 Å². The van der Waals surface area contributed by atoms with Gasteiger partial charge in [-0.2, -0.15) is 0 Å². The number of nitrogens with zero attached hydrogens (tertiary/aromatic N) is 1. The fourth-order valence-corrected chi connectivity index (χ4v) is 1.94. The van der Waals surface area contributed by atoms with Gasteiger partial charge in [0.15, 0.2) is 0 Å². The maximum Gasteiger partial charge on any atom is 0.328 e. The van der Waals surface area contributed by atoms with Gasteiger partial charge in [-0.25, -0.2) is 13.2 Å². The molecule has 0 spiro atoms. The average Bonchev–Trinajstić information content (AvgIpc) is 2.11. The number of sulfone groups is 1. The highest BCUT2D eigenvalue weighted by atomic mass is 32.2. The van der Waals surface area contributed by atoms with Crippen molar-refractivity contribution in [1.82, 2.24) is 9.55 Å². The lowest BCUT2D eigenvalue weighted by Gasteiger charge is -2.04. The van der Waals surface area contributed by atoms with Crippen molar-refractivity contribution in [3.63, 3.8) is 0 Å². The lowest BCUT2D eigenvalue weighted by molar-refractivity contribution is 0.585. The number of nitrogens with one attached hydrogen (secondary N) is 1. The first-order valence-electron chi connectivity index (χ1n) is 4.78. The minimum Gasteiger partial charge on any atom is -0.300 e. The van der Waals surface area contributed by atoms with Gasteiger partial charge in [0, 0.05) is 24.6 Å². The number of aromatic nitrogens is 2. The van der Waals surface area contributed by atoms with Crippen molar-refractivity contribution in [2.45, 2.75) is 19.9 Å². The van der Waals surface area contributed by atoms with Crippen molar-refractivity contribution in [1.29, 1.82) is 0 Å². The lowest BCUT2D eigenvalue weighted by atomic mass is 10.4. The monoisotopic (exact) mass is 246 g/mol. The van der Waals surface area contributed by atoms with E-state index < -0.39 is 21.1 Å². The number of hydrogen-bond acceptors (Lipinski definition) is 4. The fraction of sp³-hybridized carbons (Fsp3) is 0.556. The van der Waals surface area contributed by atoms with Crippen LogP contribution in [0.2, 0.25) is 0 Å². The molecular formula is C9H14N2O4S. The Balaban J connectivity index is 2.80.